The molecule has 4 heterocycles. The van der Waals surface area contributed by atoms with Crippen molar-refractivity contribution >= 4 is 29.0 Å². The number of benzene rings is 1. The molecular formula is C26H35N7O. The Morgan fingerprint density at radius 3 is 2.53 bits per heavy atom. The summed E-state index contributed by atoms with van der Waals surface area (Å²) in [5.41, 5.74) is 2.85. The average molecular weight is 462 g/mol. The van der Waals surface area contributed by atoms with Gasteiger partial charge >= 0.3 is 0 Å². The second kappa shape index (κ2) is 8.73. The molecule has 2 aromatic rings. The Morgan fingerprint density at radius 1 is 1.06 bits per heavy atom. The number of fused-ring (bicyclic) bond motifs is 1. The molecule has 8 heteroatoms. The maximum atomic E-state index is 13.1. The standard InChI is InChI=1S/C26H35N7O/c1-31-13-15-32(16-14-31)21-9-7-20(8-10-21)29-25-28-18-19-17-26(11-12-27-24(26)34)33(23(19)30-25)22-5-3-2-4-6-22/h7-10,18,22H,2-6,11-17H2,1H3,(H,27,34)(H,28,29,30). The highest BCUT2D eigenvalue weighted by molar-refractivity contribution is 5.94. The highest BCUT2D eigenvalue weighted by Gasteiger charge is 2.55. The summed E-state index contributed by atoms with van der Waals surface area (Å²) in [5, 5.41) is 6.50. The first-order valence-electron chi connectivity index (χ1n) is 12.9. The van der Waals surface area contributed by atoms with E-state index >= 15 is 0 Å². The Labute approximate surface area is 201 Å². The quantitative estimate of drug-likeness (QED) is 0.725. The Hall–Kier alpha value is -2.87. The first-order chi connectivity index (χ1) is 16.6. The van der Waals surface area contributed by atoms with E-state index in [-0.39, 0.29) is 5.91 Å². The van der Waals surface area contributed by atoms with Crippen LogP contribution in [0, 0.1) is 0 Å². The van der Waals surface area contributed by atoms with Crippen LogP contribution >= 0.6 is 0 Å². The molecule has 2 N–H and O–H groups in total. The van der Waals surface area contributed by atoms with Crippen LogP contribution < -0.4 is 20.4 Å². The largest absolute Gasteiger partial charge is 0.369 e. The molecule has 3 fully saturated rings. The van der Waals surface area contributed by atoms with E-state index in [0.29, 0.717) is 18.4 Å². The number of amides is 1. The summed E-state index contributed by atoms with van der Waals surface area (Å²) in [4.78, 5) is 29.9. The molecule has 3 aliphatic heterocycles. The lowest BCUT2D eigenvalue weighted by Crippen LogP contribution is -2.57. The summed E-state index contributed by atoms with van der Waals surface area (Å²) in [6.45, 7) is 5.06. The predicted octanol–water partition coefficient (Wildman–Crippen LogP) is 2.93. The maximum Gasteiger partial charge on any atom is 0.246 e. The Morgan fingerprint density at radius 2 is 1.82 bits per heavy atom. The number of nitrogens with zero attached hydrogens (tertiary/aromatic N) is 5. The van der Waals surface area contributed by atoms with Gasteiger partial charge in [-0.2, -0.15) is 4.98 Å². The van der Waals surface area contributed by atoms with Crippen LogP contribution in [0.25, 0.3) is 0 Å². The van der Waals surface area contributed by atoms with Crippen LogP contribution in [0.15, 0.2) is 30.5 Å². The molecule has 1 aromatic heterocycles. The van der Waals surface area contributed by atoms with E-state index in [1.807, 2.05) is 6.20 Å². The highest BCUT2D eigenvalue weighted by Crippen LogP contribution is 2.45. The molecule has 1 amide bonds. The van der Waals surface area contributed by atoms with Crippen LogP contribution in [0.1, 0.15) is 44.1 Å². The number of anilines is 4. The molecule has 2 saturated heterocycles. The van der Waals surface area contributed by atoms with Gasteiger partial charge in [0.05, 0.1) is 0 Å². The minimum atomic E-state index is -0.484. The Kier molecular flexibility index (Phi) is 5.56. The Balaban J connectivity index is 1.24. The summed E-state index contributed by atoms with van der Waals surface area (Å²) in [6.07, 6.45) is 9.49. The number of piperazine rings is 1. The van der Waals surface area contributed by atoms with E-state index < -0.39 is 5.54 Å². The summed E-state index contributed by atoms with van der Waals surface area (Å²) in [5.74, 6) is 1.71. The highest BCUT2D eigenvalue weighted by atomic mass is 16.2. The fourth-order valence-electron chi connectivity index (χ4n) is 6.26. The number of nitrogens with one attached hydrogen (secondary N) is 2. The molecule has 1 aromatic carbocycles. The first-order valence-corrected chi connectivity index (χ1v) is 12.9. The van der Waals surface area contributed by atoms with Crippen LogP contribution in [0.3, 0.4) is 0 Å². The fraction of sp³-hybridized carbons (Fsp3) is 0.577. The van der Waals surface area contributed by atoms with Crippen molar-refractivity contribution in [3.8, 4) is 0 Å². The zero-order valence-corrected chi connectivity index (χ0v) is 20.1. The topological polar surface area (TPSA) is 76.6 Å². The van der Waals surface area contributed by atoms with Crippen LogP contribution in [0.4, 0.5) is 23.1 Å². The molecule has 8 nitrogen and oxygen atoms in total. The van der Waals surface area contributed by atoms with Gasteiger partial charge in [-0.1, -0.05) is 19.3 Å². The van der Waals surface area contributed by atoms with Crippen molar-refractivity contribution in [2.24, 2.45) is 0 Å². The summed E-state index contributed by atoms with van der Waals surface area (Å²) >= 11 is 0. The minimum absolute atomic E-state index is 0.157. The van der Waals surface area contributed by atoms with E-state index in [1.165, 1.54) is 24.9 Å². The second-order valence-electron chi connectivity index (χ2n) is 10.4. The van der Waals surface area contributed by atoms with Gasteiger partial charge in [-0.3, -0.25) is 4.79 Å². The van der Waals surface area contributed by atoms with Crippen molar-refractivity contribution < 1.29 is 4.79 Å². The summed E-state index contributed by atoms with van der Waals surface area (Å²) in [7, 11) is 2.18. The molecule has 1 atom stereocenters. The zero-order chi connectivity index (χ0) is 23.1. The van der Waals surface area contributed by atoms with E-state index in [4.69, 9.17) is 4.98 Å². The SMILES string of the molecule is CN1CCN(c2ccc(Nc3ncc4c(n3)N(C3CCCCC3)C3(CCNC3=O)C4)cc2)CC1. The van der Waals surface area contributed by atoms with Gasteiger partial charge in [-0.05, 0) is 50.6 Å². The van der Waals surface area contributed by atoms with Gasteiger partial charge in [0.15, 0.2) is 0 Å². The number of hydrogen-bond donors (Lipinski definition) is 2. The fourth-order valence-corrected chi connectivity index (χ4v) is 6.26. The van der Waals surface area contributed by atoms with Gasteiger partial charge in [-0.15, -0.1) is 0 Å². The van der Waals surface area contributed by atoms with Crippen molar-refractivity contribution in [2.75, 3.05) is 54.9 Å². The summed E-state index contributed by atoms with van der Waals surface area (Å²) < 4.78 is 0. The third-order valence-electron chi connectivity index (χ3n) is 8.19. The molecule has 0 radical (unpaired) electrons. The number of likely N-dealkylation sites (N-methyl/N-ethyl adjacent to an activating group) is 1. The van der Waals surface area contributed by atoms with Gasteiger partial charge in [0.2, 0.25) is 11.9 Å². The molecule has 1 unspecified atom stereocenters. The molecule has 6 rings (SSSR count). The zero-order valence-electron chi connectivity index (χ0n) is 20.1. The number of aromatic nitrogens is 2. The number of carbonyl (C=O) groups is 1. The lowest BCUT2D eigenvalue weighted by molar-refractivity contribution is -0.123. The smallest absolute Gasteiger partial charge is 0.246 e. The van der Waals surface area contributed by atoms with Crippen molar-refractivity contribution in [3.05, 3.63) is 36.0 Å². The normalized spacial score (nSPS) is 25.6. The van der Waals surface area contributed by atoms with Crippen LogP contribution in [-0.2, 0) is 11.2 Å². The molecular weight excluding hydrogens is 426 g/mol. The van der Waals surface area contributed by atoms with Gasteiger partial charge in [0.1, 0.15) is 11.4 Å². The van der Waals surface area contributed by atoms with Crippen molar-refractivity contribution in [1.29, 1.82) is 0 Å². The first kappa shape index (κ1) is 21.6. The lowest BCUT2D eigenvalue weighted by atomic mass is 9.87. The van der Waals surface area contributed by atoms with Crippen molar-refractivity contribution in [2.45, 2.75) is 56.5 Å². The third kappa shape index (κ3) is 3.78. The lowest BCUT2D eigenvalue weighted by Gasteiger charge is -2.42. The van der Waals surface area contributed by atoms with Gasteiger partial charge < -0.3 is 25.3 Å². The van der Waals surface area contributed by atoms with Crippen LogP contribution in [-0.4, -0.2) is 72.1 Å². The molecule has 1 aliphatic carbocycles. The van der Waals surface area contributed by atoms with Gasteiger partial charge in [-0.25, -0.2) is 4.98 Å². The molecule has 1 saturated carbocycles. The van der Waals surface area contributed by atoms with Gasteiger partial charge in [0.25, 0.3) is 0 Å². The monoisotopic (exact) mass is 461 g/mol. The van der Waals surface area contributed by atoms with E-state index in [9.17, 15) is 4.79 Å². The van der Waals surface area contributed by atoms with Crippen LogP contribution in [0.2, 0.25) is 0 Å². The molecule has 1 spiro atoms. The average Bonchev–Trinajstić information content (AvgIpc) is 3.39. The molecule has 0 bridgehead atoms. The number of rotatable bonds is 4. The van der Waals surface area contributed by atoms with Crippen molar-refractivity contribution in [1.82, 2.24) is 20.2 Å². The maximum absolute atomic E-state index is 13.1. The molecule has 4 aliphatic rings. The van der Waals surface area contributed by atoms with E-state index in [1.54, 1.807) is 0 Å². The van der Waals surface area contributed by atoms with E-state index in [0.717, 1.165) is 69.1 Å². The van der Waals surface area contributed by atoms with Crippen LogP contribution in [0.5, 0.6) is 0 Å². The molecule has 34 heavy (non-hydrogen) atoms. The van der Waals surface area contributed by atoms with Gasteiger partial charge in [0, 0.05) is 68.3 Å². The number of hydrogen-bond acceptors (Lipinski definition) is 7. The second-order valence-corrected chi connectivity index (χ2v) is 10.4. The van der Waals surface area contributed by atoms with E-state index in [2.05, 4.69) is 61.6 Å². The third-order valence-corrected chi connectivity index (χ3v) is 8.19. The Bertz CT molecular complexity index is 1040. The predicted molar refractivity (Wildman–Crippen MR) is 135 cm³/mol. The number of carbonyl (C=O) groups excluding carboxylic acids is 1. The minimum Gasteiger partial charge on any atom is -0.369 e. The summed E-state index contributed by atoms with van der Waals surface area (Å²) in [6, 6.07) is 8.94. The molecule has 180 valence electrons. The van der Waals surface area contributed by atoms with Crippen molar-refractivity contribution in [3.63, 3.8) is 0 Å².